The molecule has 106 valence electrons. The van der Waals surface area contributed by atoms with Crippen LogP contribution in [-0.4, -0.2) is 0 Å². The number of nitrogens with one attached hydrogen (secondary N) is 1. The number of fused-ring (bicyclic) bond motifs is 1. The van der Waals surface area contributed by atoms with Crippen LogP contribution in [0.1, 0.15) is 45.8 Å². The van der Waals surface area contributed by atoms with Gasteiger partial charge in [0.2, 0.25) is 0 Å². The van der Waals surface area contributed by atoms with Crippen LogP contribution in [0.4, 0.5) is 0 Å². The van der Waals surface area contributed by atoms with Gasteiger partial charge in [-0.15, -0.1) is 11.3 Å². The molecule has 1 aromatic heterocycles. The topological polar surface area (TPSA) is 38.0 Å². The van der Waals surface area contributed by atoms with E-state index >= 15 is 0 Å². The molecule has 3 rings (SSSR count). The van der Waals surface area contributed by atoms with E-state index in [2.05, 4.69) is 42.7 Å². The summed E-state index contributed by atoms with van der Waals surface area (Å²) in [6.45, 7) is 2.20. The van der Waals surface area contributed by atoms with Crippen LogP contribution in [0.15, 0.2) is 30.3 Å². The van der Waals surface area contributed by atoms with Gasteiger partial charge in [0.25, 0.3) is 0 Å². The van der Waals surface area contributed by atoms with Crippen LogP contribution in [0.5, 0.6) is 0 Å². The average molecular weight is 286 g/mol. The van der Waals surface area contributed by atoms with Crippen molar-refractivity contribution in [2.45, 2.75) is 45.1 Å². The molecule has 0 saturated carbocycles. The average Bonchev–Trinajstić information content (AvgIpc) is 3.12. The standard InChI is InChI=1S/C17H22N2S/c1-2-15-8-9-16(20-15)11-17(19-18)14-7-6-12-4-3-5-13(12)10-14/h6-10,17,19H,2-5,11,18H2,1H3. The number of hydrazine groups is 1. The molecule has 1 heterocycles. The highest BCUT2D eigenvalue weighted by molar-refractivity contribution is 7.11. The Morgan fingerprint density at radius 3 is 2.70 bits per heavy atom. The van der Waals surface area contributed by atoms with Crippen LogP contribution in [0, 0.1) is 0 Å². The number of hydrogen-bond donors (Lipinski definition) is 2. The van der Waals surface area contributed by atoms with Crippen LogP contribution in [0.2, 0.25) is 0 Å². The highest BCUT2D eigenvalue weighted by Gasteiger charge is 2.16. The minimum Gasteiger partial charge on any atom is -0.271 e. The van der Waals surface area contributed by atoms with Gasteiger partial charge < -0.3 is 0 Å². The normalized spacial score (nSPS) is 15.3. The van der Waals surface area contributed by atoms with E-state index in [-0.39, 0.29) is 6.04 Å². The summed E-state index contributed by atoms with van der Waals surface area (Å²) >= 11 is 1.90. The first-order valence-corrected chi connectivity index (χ1v) is 8.27. The zero-order chi connectivity index (χ0) is 13.9. The summed E-state index contributed by atoms with van der Waals surface area (Å²) < 4.78 is 0. The van der Waals surface area contributed by atoms with Gasteiger partial charge in [0.05, 0.1) is 6.04 Å². The first-order chi connectivity index (χ1) is 9.80. The van der Waals surface area contributed by atoms with Gasteiger partial charge in [-0.25, -0.2) is 0 Å². The summed E-state index contributed by atoms with van der Waals surface area (Å²) in [6.07, 6.45) is 5.84. The number of benzene rings is 1. The maximum atomic E-state index is 5.79. The molecule has 1 aliphatic carbocycles. The summed E-state index contributed by atoms with van der Waals surface area (Å²) in [6, 6.07) is 11.6. The van der Waals surface area contributed by atoms with Crippen molar-refractivity contribution in [3.63, 3.8) is 0 Å². The molecular formula is C17H22N2S. The monoisotopic (exact) mass is 286 g/mol. The Bertz CT molecular complexity index is 588. The third-order valence-corrected chi connectivity index (χ3v) is 5.45. The van der Waals surface area contributed by atoms with Crippen LogP contribution in [0.25, 0.3) is 0 Å². The van der Waals surface area contributed by atoms with E-state index in [1.165, 1.54) is 45.7 Å². The lowest BCUT2D eigenvalue weighted by Gasteiger charge is -2.16. The van der Waals surface area contributed by atoms with E-state index in [0.29, 0.717) is 0 Å². The van der Waals surface area contributed by atoms with E-state index in [1.807, 2.05) is 11.3 Å². The molecular weight excluding hydrogens is 264 g/mol. The highest BCUT2D eigenvalue weighted by atomic mass is 32.1. The summed E-state index contributed by atoms with van der Waals surface area (Å²) in [5.41, 5.74) is 7.35. The minimum atomic E-state index is 0.212. The number of thiophene rings is 1. The number of aryl methyl sites for hydroxylation is 3. The Morgan fingerprint density at radius 2 is 1.95 bits per heavy atom. The summed E-state index contributed by atoms with van der Waals surface area (Å²) in [5, 5.41) is 0. The van der Waals surface area contributed by atoms with Gasteiger partial charge in [-0.1, -0.05) is 25.1 Å². The Labute approximate surface area is 125 Å². The van der Waals surface area contributed by atoms with Crippen LogP contribution in [-0.2, 0) is 25.7 Å². The molecule has 1 aromatic carbocycles. The summed E-state index contributed by atoms with van der Waals surface area (Å²) in [5.74, 6) is 5.79. The van der Waals surface area contributed by atoms with Gasteiger partial charge >= 0.3 is 0 Å². The predicted octanol–water partition coefficient (Wildman–Crippen LogP) is 3.55. The van der Waals surface area contributed by atoms with Gasteiger partial charge in [-0.3, -0.25) is 11.3 Å². The number of rotatable bonds is 5. The van der Waals surface area contributed by atoms with E-state index in [0.717, 1.165) is 12.8 Å². The lowest BCUT2D eigenvalue weighted by Crippen LogP contribution is -2.29. The van der Waals surface area contributed by atoms with Crippen molar-refractivity contribution in [3.8, 4) is 0 Å². The predicted molar refractivity (Wildman–Crippen MR) is 85.9 cm³/mol. The van der Waals surface area contributed by atoms with Crippen molar-refractivity contribution in [3.05, 3.63) is 56.8 Å². The third-order valence-electron chi connectivity index (χ3n) is 4.20. The molecule has 3 heteroatoms. The summed E-state index contributed by atoms with van der Waals surface area (Å²) in [7, 11) is 0. The largest absolute Gasteiger partial charge is 0.271 e. The zero-order valence-corrected chi connectivity index (χ0v) is 12.8. The smallest absolute Gasteiger partial charge is 0.0508 e. The minimum absolute atomic E-state index is 0.212. The number of hydrogen-bond acceptors (Lipinski definition) is 3. The molecule has 0 aliphatic heterocycles. The fourth-order valence-corrected chi connectivity index (χ4v) is 4.01. The maximum Gasteiger partial charge on any atom is 0.0508 e. The van der Waals surface area contributed by atoms with Crippen LogP contribution >= 0.6 is 11.3 Å². The number of nitrogens with two attached hydrogens (primary N) is 1. The molecule has 1 aliphatic rings. The van der Waals surface area contributed by atoms with E-state index < -0.39 is 0 Å². The molecule has 0 bridgehead atoms. The molecule has 0 fully saturated rings. The van der Waals surface area contributed by atoms with Gasteiger partial charge in [-0.2, -0.15) is 0 Å². The molecule has 20 heavy (non-hydrogen) atoms. The van der Waals surface area contributed by atoms with Gasteiger partial charge in [0.15, 0.2) is 0 Å². The van der Waals surface area contributed by atoms with E-state index in [1.54, 1.807) is 0 Å². The lowest BCUT2D eigenvalue weighted by atomic mass is 9.99. The van der Waals surface area contributed by atoms with Crippen molar-refractivity contribution in [1.29, 1.82) is 0 Å². The molecule has 2 nitrogen and oxygen atoms in total. The molecule has 3 N–H and O–H groups in total. The molecule has 2 aromatic rings. The molecule has 0 spiro atoms. The maximum absolute atomic E-state index is 5.79. The van der Waals surface area contributed by atoms with Crippen molar-refractivity contribution >= 4 is 11.3 Å². The zero-order valence-electron chi connectivity index (χ0n) is 12.0. The van der Waals surface area contributed by atoms with Crippen LogP contribution < -0.4 is 11.3 Å². The fraction of sp³-hybridized carbons (Fsp3) is 0.412. The second kappa shape index (κ2) is 6.08. The Balaban J connectivity index is 1.79. The van der Waals surface area contributed by atoms with Crippen molar-refractivity contribution in [1.82, 2.24) is 5.43 Å². The second-order valence-electron chi connectivity index (χ2n) is 5.53. The third kappa shape index (κ3) is 2.80. The molecule has 0 saturated heterocycles. The first kappa shape index (κ1) is 13.8. The van der Waals surface area contributed by atoms with Crippen molar-refractivity contribution in [2.24, 2.45) is 5.84 Å². The van der Waals surface area contributed by atoms with E-state index in [4.69, 9.17) is 5.84 Å². The summed E-state index contributed by atoms with van der Waals surface area (Å²) in [4.78, 5) is 2.86. The second-order valence-corrected chi connectivity index (χ2v) is 6.78. The van der Waals surface area contributed by atoms with Crippen molar-refractivity contribution in [2.75, 3.05) is 0 Å². The van der Waals surface area contributed by atoms with Gasteiger partial charge in [-0.05, 0) is 54.5 Å². The SMILES string of the molecule is CCc1ccc(CC(NN)c2ccc3c(c2)CCC3)s1. The van der Waals surface area contributed by atoms with Gasteiger partial charge in [0, 0.05) is 16.2 Å². The quantitative estimate of drug-likeness (QED) is 0.651. The molecule has 0 amide bonds. The molecule has 1 atom stereocenters. The highest BCUT2D eigenvalue weighted by Crippen LogP contribution is 2.28. The fourth-order valence-electron chi connectivity index (χ4n) is 3.00. The molecule has 1 unspecified atom stereocenters. The first-order valence-electron chi connectivity index (χ1n) is 7.45. The molecule has 0 radical (unpaired) electrons. The Hall–Kier alpha value is -1.16. The lowest BCUT2D eigenvalue weighted by molar-refractivity contribution is 0.555. The van der Waals surface area contributed by atoms with Crippen LogP contribution in [0.3, 0.4) is 0 Å². The van der Waals surface area contributed by atoms with E-state index in [9.17, 15) is 0 Å². The van der Waals surface area contributed by atoms with Crippen molar-refractivity contribution < 1.29 is 0 Å². The van der Waals surface area contributed by atoms with Gasteiger partial charge in [0.1, 0.15) is 0 Å². The Kier molecular flexibility index (Phi) is 4.20. The Morgan fingerprint density at radius 1 is 1.15 bits per heavy atom.